The maximum Gasteiger partial charge on any atom is 0.156 e. The topological polar surface area (TPSA) is 49.2 Å². The van der Waals surface area contributed by atoms with E-state index in [1.165, 1.54) is 5.56 Å². The molecule has 1 aliphatic rings. The molecule has 0 saturated carbocycles. The second-order valence-electron chi connectivity index (χ2n) is 7.14. The Hall–Kier alpha value is -2.63. The average molecular weight is 379 g/mol. The first-order chi connectivity index (χ1) is 13.3. The molecule has 6 heteroatoms. The number of aromatic amines is 1. The lowest BCUT2D eigenvalue weighted by Crippen LogP contribution is -3.13. The molecule has 3 heterocycles. The number of benzene rings is 2. The first-order valence-corrected chi connectivity index (χ1v) is 9.70. The smallest absolute Gasteiger partial charge is 0.156 e. The van der Waals surface area contributed by atoms with Gasteiger partial charge in [0.1, 0.15) is 23.9 Å². The Labute approximate surface area is 162 Å². The number of piperazine rings is 1. The van der Waals surface area contributed by atoms with Crippen LogP contribution < -0.4 is 9.80 Å². The lowest BCUT2D eigenvalue weighted by atomic mass is 10.2. The minimum absolute atomic E-state index is 0.724. The van der Waals surface area contributed by atoms with Crippen molar-refractivity contribution in [1.29, 1.82) is 0 Å². The van der Waals surface area contributed by atoms with Crippen LogP contribution in [0.1, 0.15) is 5.56 Å². The molecule has 27 heavy (non-hydrogen) atoms. The fourth-order valence-corrected chi connectivity index (χ4v) is 4.16. The van der Waals surface area contributed by atoms with Crippen molar-refractivity contribution in [3.8, 4) is 0 Å². The van der Waals surface area contributed by atoms with Crippen LogP contribution in [-0.2, 0) is 6.54 Å². The van der Waals surface area contributed by atoms with Crippen LogP contribution in [0, 0.1) is 0 Å². The van der Waals surface area contributed by atoms with Crippen LogP contribution in [0.4, 0.5) is 5.82 Å². The van der Waals surface area contributed by atoms with Crippen LogP contribution >= 0.6 is 11.6 Å². The zero-order valence-corrected chi connectivity index (χ0v) is 15.7. The van der Waals surface area contributed by atoms with Crippen LogP contribution in [-0.4, -0.2) is 41.1 Å². The highest BCUT2D eigenvalue weighted by Crippen LogP contribution is 2.30. The Bertz CT molecular complexity index is 1080. The van der Waals surface area contributed by atoms with E-state index in [2.05, 4.69) is 50.2 Å². The zero-order valence-electron chi connectivity index (χ0n) is 15.0. The van der Waals surface area contributed by atoms with Gasteiger partial charge < -0.3 is 14.8 Å². The van der Waals surface area contributed by atoms with E-state index >= 15 is 0 Å². The third-order valence-electron chi connectivity index (χ3n) is 5.39. The van der Waals surface area contributed by atoms with Crippen molar-refractivity contribution in [3.05, 3.63) is 65.4 Å². The number of aromatic nitrogens is 3. The second kappa shape index (κ2) is 6.83. The number of halogens is 1. The van der Waals surface area contributed by atoms with E-state index in [0.29, 0.717) is 0 Å². The van der Waals surface area contributed by atoms with Gasteiger partial charge in [0.2, 0.25) is 0 Å². The van der Waals surface area contributed by atoms with Crippen molar-refractivity contribution < 1.29 is 4.90 Å². The monoisotopic (exact) mass is 378 g/mol. The van der Waals surface area contributed by atoms with Crippen molar-refractivity contribution in [2.45, 2.75) is 6.54 Å². The molecule has 2 aromatic carbocycles. The molecule has 0 amide bonds. The molecular weight excluding hydrogens is 358 g/mol. The van der Waals surface area contributed by atoms with Crippen LogP contribution in [0.3, 0.4) is 0 Å². The van der Waals surface area contributed by atoms with E-state index in [1.54, 1.807) is 11.2 Å². The van der Waals surface area contributed by atoms with E-state index in [0.717, 1.165) is 65.5 Å². The standard InChI is InChI=1S/C21H20ClN5/c22-16-6-7-18-17(12-16)19-20(25-18)21(24-14-23-19)27-10-8-26(9-11-27)13-15-4-2-1-3-5-15/h1-7,12,14,25H,8-11,13H2/p+1. The summed E-state index contributed by atoms with van der Waals surface area (Å²) in [5.74, 6) is 0.992. The number of H-pyrrole nitrogens is 1. The van der Waals surface area contributed by atoms with Gasteiger partial charge in [-0.3, -0.25) is 0 Å². The molecule has 2 N–H and O–H groups in total. The number of hydrogen-bond donors (Lipinski definition) is 2. The highest BCUT2D eigenvalue weighted by molar-refractivity contribution is 6.31. The van der Waals surface area contributed by atoms with Crippen molar-refractivity contribution in [3.63, 3.8) is 0 Å². The van der Waals surface area contributed by atoms with Gasteiger partial charge in [-0.25, -0.2) is 9.97 Å². The van der Waals surface area contributed by atoms with E-state index < -0.39 is 0 Å². The largest absolute Gasteiger partial charge is 0.350 e. The van der Waals surface area contributed by atoms with Gasteiger partial charge in [0, 0.05) is 21.5 Å². The molecule has 5 nitrogen and oxygen atoms in total. The van der Waals surface area contributed by atoms with E-state index in [9.17, 15) is 0 Å². The van der Waals surface area contributed by atoms with Crippen molar-refractivity contribution in [1.82, 2.24) is 15.0 Å². The number of hydrogen-bond acceptors (Lipinski definition) is 3. The molecule has 5 rings (SSSR count). The summed E-state index contributed by atoms with van der Waals surface area (Å²) >= 11 is 6.18. The van der Waals surface area contributed by atoms with Crippen molar-refractivity contribution in [2.75, 3.05) is 31.1 Å². The zero-order chi connectivity index (χ0) is 18.2. The number of rotatable bonds is 3. The second-order valence-corrected chi connectivity index (χ2v) is 7.57. The number of quaternary nitrogens is 1. The molecule has 1 fully saturated rings. The summed E-state index contributed by atoms with van der Waals surface area (Å²) in [4.78, 5) is 16.6. The van der Waals surface area contributed by atoms with Gasteiger partial charge in [0.05, 0.1) is 26.2 Å². The number of anilines is 1. The first kappa shape index (κ1) is 16.5. The highest BCUT2D eigenvalue weighted by Gasteiger charge is 2.23. The maximum atomic E-state index is 6.18. The summed E-state index contributed by atoms with van der Waals surface area (Å²) in [6.45, 7) is 5.27. The van der Waals surface area contributed by atoms with E-state index in [-0.39, 0.29) is 0 Å². The SMILES string of the molecule is Clc1ccc2[nH]c3c(N4CC[NH+](Cc5ccccc5)CC4)ncnc3c2c1. The van der Waals surface area contributed by atoms with Gasteiger partial charge in [-0.1, -0.05) is 41.9 Å². The van der Waals surface area contributed by atoms with Crippen LogP contribution in [0.5, 0.6) is 0 Å². The quantitative estimate of drug-likeness (QED) is 0.576. The summed E-state index contributed by atoms with van der Waals surface area (Å²) in [6, 6.07) is 16.6. The van der Waals surface area contributed by atoms with Gasteiger partial charge >= 0.3 is 0 Å². The first-order valence-electron chi connectivity index (χ1n) is 9.32. The van der Waals surface area contributed by atoms with Crippen molar-refractivity contribution in [2.24, 2.45) is 0 Å². The molecule has 136 valence electrons. The summed E-state index contributed by atoms with van der Waals surface area (Å²) in [5.41, 5.74) is 4.39. The Morgan fingerprint density at radius 2 is 1.85 bits per heavy atom. The Balaban J connectivity index is 1.39. The molecule has 2 aromatic heterocycles. The number of nitrogens with zero attached hydrogens (tertiary/aromatic N) is 3. The highest BCUT2D eigenvalue weighted by atomic mass is 35.5. The maximum absolute atomic E-state index is 6.18. The average Bonchev–Trinajstić information content (AvgIpc) is 3.07. The van der Waals surface area contributed by atoms with Crippen LogP contribution in [0.25, 0.3) is 21.9 Å². The minimum atomic E-state index is 0.724. The van der Waals surface area contributed by atoms with E-state index in [4.69, 9.17) is 11.6 Å². The minimum Gasteiger partial charge on any atom is -0.350 e. The normalized spacial score (nSPS) is 15.7. The summed E-state index contributed by atoms with van der Waals surface area (Å²) in [5, 5.41) is 1.77. The fourth-order valence-electron chi connectivity index (χ4n) is 3.99. The molecule has 0 aliphatic carbocycles. The fraction of sp³-hybridized carbons (Fsp3) is 0.238. The molecule has 0 unspecified atom stereocenters. The molecule has 1 aliphatic heterocycles. The van der Waals surface area contributed by atoms with Gasteiger partial charge in [0.15, 0.2) is 5.82 Å². The van der Waals surface area contributed by atoms with Gasteiger partial charge in [-0.15, -0.1) is 0 Å². The van der Waals surface area contributed by atoms with Crippen molar-refractivity contribution >= 4 is 39.4 Å². The predicted octanol–water partition coefficient (Wildman–Crippen LogP) is 2.67. The molecular formula is C21H21ClN5+. The Morgan fingerprint density at radius 1 is 1.04 bits per heavy atom. The third kappa shape index (κ3) is 3.13. The van der Waals surface area contributed by atoms with Gasteiger partial charge in [0.25, 0.3) is 0 Å². The molecule has 1 saturated heterocycles. The molecule has 0 atom stereocenters. The van der Waals surface area contributed by atoms with Crippen LogP contribution in [0.15, 0.2) is 54.9 Å². The van der Waals surface area contributed by atoms with Crippen LogP contribution in [0.2, 0.25) is 5.02 Å². The molecule has 0 spiro atoms. The lowest BCUT2D eigenvalue weighted by Gasteiger charge is -2.33. The molecule has 0 radical (unpaired) electrons. The van der Waals surface area contributed by atoms with Gasteiger partial charge in [-0.05, 0) is 18.2 Å². The van der Waals surface area contributed by atoms with Gasteiger partial charge in [-0.2, -0.15) is 0 Å². The Morgan fingerprint density at radius 3 is 2.67 bits per heavy atom. The summed E-state index contributed by atoms with van der Waals surface area (Å²) < 4.78 is 0. The number of nitrogens with one attached hydrogen (secondary N) is 2. The summed E-state index contributed by atoms with van der Waals surface area (Å²) in [7, 11) is 0. The molecule has 0 bridgehead atoms. The number of fused-ring (bicyclic) bond motifs is 3. The lowest BCUT2D eigenvalue weighted by molar-refractivity contribution is -0.914. The van der Waals surface area contributed by atoms with E-state index in [1.807, 2.05) is 18.2 Å². The molecule has 4 aromatic rings. The third-order valence-corrected chi connectivity index (χ3v) is 5.63. The predicted molar refractivity (Wildman–Crippen MR) is 109 cm³/mol. The Kier molecular flexibility index (Phi) is 4.19. The summed E-state index contributed by atoms with van der Waals surface area (Å²) in [6.07, 6.45) is 1.66.